The van der Waals surface area contributed by atoms with Crippen molar-refractivity contribution in [2.24, 2.45) is 0 Å². The molecular weight excluding hydrogens is 360 g/mol. The molecule has 2 aromatic rings. The molecule has 1 unspecified atom stereocenters. The maximum atomic E-state index is 12.5. The van der Waals surface area contributed by atoms with Crippen LogP contribution in [0.4, 0.5) is 0 Å². The smallest absolute Gasteiger partial charge is 0.276 e. The summed E-state index contributed by atoms with van der Waals surface area (Å²) in [5.41, 5.74) is 0.0817. The molecule has 0 bridgehead atoms. The third kappa shape index (κ3) is 3.50. The normalized spacial score (nSPS) is 16.9. The lowest BCUT2D eigenvalue weighted by molar-refractivity contribution is -0.134. The summed E-state index contributed by atoms with van der Waals surface area (Å²) in [6.45, 7) is 1.67. The number of piperidine rings is 1. The van der Waals surface area contributed by atoms with Crippen LogP contribution in [0, 0.1) is 6.92 Å². The van der Waals surface area contributed by atoms with E-state index in [-0.39, 0.29) is 18.5 Å². The first kappa shape index (κ1) is 17.8. The predicted molar refractivity (Wildman–Crippen MR) is 93.2 cm³/mol. The second-order valence-electron chi connectivity index (χ2n) is 5.84. The molecule has 0 saturated carbocycles. The topological polar surface area (TPSA) is 110 Å². The Kier molecular flexibility index (Phi) is 4.85. The van der Waals surface area contributed by atoms with Gasteiger partial charge in [0.25, 0.3) is 5.91 Å². The quantitative estimate of drug-likeness (QED) is 0.769. The molecule has 1 atom stereocenters. The molecule has 1 aliphatic rings. The first-order chi connectivity index (χ1) is 12.4. The van der Waals surface area contributed by atoms with Gasteiger partial charge in [-0.05, 0) is 25.5 Å². The number of nitrogens with one attached hydrogen (secondary N) is 2. The van der Waals surface area contributed by atoms with Crippen molar-refractivity contribution < 1.29 is 14.4 Å². The Morgan fingerprint density at radius 1 is 1.31 bits per heavy atom. The zero-order valence-electron chi connectivity index (χ0n) is 13.8. The van der Waals surface area contributed by atoms with Crippen LogP contribution in [0.1, 0.15) is 29.0 Å². The summed E-state index contributed by atoms with van der Waals surface area (Å²) in [6, 6.07) is 7.25. The van der Waals surface area contributed by atoms with Crippen LogP contribution in [0.25, 0.3) is 5.69 Å². The molecule has 134 valence electrons. The molecular formula is C17H15ClN4O4. The Bertz CT molecular complexity index is 969. The molecule has 1 aromatic carbocycles. The average Bonchev–Trinajstić information content (AvgIpc) is 2.58. The van der Waals surface area contributed by atoms with Crippen LogP contribution in [-0.4, -0.2) is 33.5 Å². The molecule has 8 nitrogen and oxygen atoms in total. The van der Waals surface area contributed by atoms with Crippen molar-refractivity contribution in [2.75, 3.05) is 0 Å². The summed E-state index contributed by atoms with van der Waals surface area (Å²) >= 11 is 6.17. The van der Waals surface area contributed by atoms with Crippen molar-refractivity contribution in [3.05, 3.63) is 57.0 Å². The number of aryl methyl sites for hydroxylation is 1. The minimum Gasteiger partial charge on any atom is -0.339 e. The molecule has 0 radical (unpaired) electrons. The first-order valence-corrected chi connectivity index (χ1v) is 8.25. The standard InChI is InChI=1S/C17H15ClN4O4/c1-9-8-13(23)15(21-22(9)12-5-3-2-4-10(12)18)17(26)19-11-6-7-14(24)20-16(11)25/h2-5,8,11H,6-7H2,1H3,(H,19,26)(H,20,24,25). The van der Waals surface area contributed by atoms with Crippen LogP contribution in [0.2, 0.25) is 5.02 Å². The van der Waals surface area contributed by atoms with Crippen molar-refractivity contribution in [2.45, 2.75) is 25.8 Å². The van der Waals surface area contributed by atoms with E-state index in [1.807, 2.05) is 0 Å². The van der Waals surface area contributed by atoms with E-state index >= 15 is 0 Å². The summed E-state index contributed by atoms with van der Waals surface area (Å²) in [5.74, 6) is -1.78. The van der Waals surface area contributed by atoms with E-state index < -0.39 is 29.2 Å². The lowest BCUT2D eigenvalue weighted by atomic mass is 10.1. The third-order valence-corrected chi connectivity index (χ3v) is 4.27. The van der Waals surface area contributed by atoms with Gasteiger partial charge >= 0.3 is 0 Å². The maximum absolute atomic E-state index is 12.5. The second kappa shape index (κ2) is 7.09. The Morgan fingerprint density at radius 2 is 2.04 bits per heavy atom. The van der Waals surface area contributed by atoms with Crippen molar-refractivity contribution >= 4 is 29.3 Å². The van der Waals surface area contributed by atoms with E-state index in [0.29, 0.717) is 16.4 Å². The van der Waals surface area contributed by atoms with Crippen LogP contribution in [0.15, 0.2) is 35.1 Å². The van der Waals surface area contributed by atoms with Crippen LogP contribution in [-0.2, 0) is 9.59 Å². The summed E-state index contributed by atoms with van der Waals surface area (Å²) in [6.07, 6.45) is 0.281. The van der Waals surface area contributed by atoms with Gasteiger partial charge in [0, 0.05) is 18.2 Å². The fourth-order valence-electron chi connectivity index (χ4n) is 2.63. The van der Waals surface area contributed by atoms with Gasteiger partial charge in [-0.3, -0.25) is 24.5 Å². The Labute approximate surface area is 153 Å². The number of halogens is 1. The largest absolute Gasteiger partial charge is 0.339 e. The Hall–Kier alpha value is -3.00. The van der Waals surface area contributed by atoms with Gasteiger partial charge in [-0.25, -0.2) is 4.68 Å². The second-order valence-corrected chi connectivity index (χ2v) is 6.25. The molecule has 2 heterocycles. The molecule has 0 aliphatic carbocycles. The van der Waals surface area contributed by atoms with E-state index in [9.17, 15) is 19.2 Å². The van der Waals surface area contributed by atoms with E-state index in [4.69, 9.17) is 11.6 Å². The molecule has 9 heteroatoms. The predicted octanol–water partition coefficient (Wildman–Crippen LogP) is 0.729. The average molecular weight is 375 g/mol. The zero-order chi connectivity index (χ0) is 18.8. The number of amides is 3. The Balaban J connectivity index is 1.93. The number of para-hydroxylation sites is 1. The molecule has 1 saturated heterocycles. The first-order valence-electron chi connectivity index (χ1n) is 7.87. The number of nitrogens with zero attached hydrogens (tertiary/aromatic N) is 2. The van der Waals surface area contributed by atoms with Crippen LogP contribution < -0.4 is 16.1 Å². The van der Waals surface area contributed by atoms with Crippen molar-refractivity contribution in [3.8, 4) is 5.69 Å². The van der Waals surface area contributed by atoms with Crippen LogP contribution in [0.3, 0.4) is 0 Å². The summed E-state index contributed by atoms with van der Waals surface area (Å²) in [5, 5.41) is 9.11. The van der Waals surface area contributed by atoms with Crippen LogP contribution >= 0.6 is 11.6 Å². The highest BCUT2D eigenvalue weighted by Crippen LogP contribution is 2.19. The number of benzene rings is 1. The van der Waals surface area contributed by atoms with Crippen molar-refractivity contribution in [1.82, 2.24) is 20.4 Å². The highest BCUT2D eigenvalue weighted by atomic mass is 35.5. The van der Waals surface area contributed by atoms with E-state index in [2.05, 4.69) is 15.7 Å². The fraction of sp³-hybridized carbons (Fsp3) is 0.235. The molecule has 1 aromatic heterocycles. The SMILES string of the molecule is Cc1cc(=O)c(C(=O)NC2CCC(=O)NC2=O)nn1-c1ccccc1Cl. The van der Waals surface area contributed by atoms with Crippen molar-refractivity contribution in [1.29, 1.82) is 0 Å². The molecule has 1 fully saturated rings. The third-order valence-electron chi connectivity index (χ3n) is 3.95. The summed E-state index contributed by atoms with van der Waals surface area (Å²) < 4.78 is 1.39. The van der Waals surface area contributed by atoms with Crippen molar-refractivity contribution in [3.63, 3.8) is 0 Å². The highest BCUT2D eigenvalue weighted by Gasteiger charge is 2.29. The molecule has 3 amide bonds. The molecule has 2 N–H and O–H groups in total. The van der Waals surface area contributed by atoms with Gasteiger partial charge in [-0.2, -0.15) is 5.10 Å². The lowest BCUT2D eigenvalue weighted by Crippen LogP contribution is -2.53. The number of carbonyl (C=O) groups is 3. The van der Waals surface area contributed by atoms with E-state index in [0.717, 1.165) is 0 Å². The number of hydrogen-bond acceptors (Lipinski definition) is 5. The number of rotatable bonds is 3. The summed E-state index contributed by atoms with van der Waals surface area (Å²) in [4.78, 5) is 47.6. The van der Waals surface area contributed by atoms with Gasteiger partial charge in [0.05, 0.1) is 10.7 Å². The van der Waals surface area contributed by atoms with Gasteiger partial charge in [0.1, 0.15) is 6.04 Å². The molecule has 3 rings (SSSR count). The zero-order valence-corrected chi connectivity index (χ0v) is 14.5. The molecule has 1 aliphatic heterocycles. The van der Waals surface area contributed by atoms with E-state index in [1.54, 1.807) is 31.2 Å². The molecule has 0 spiro atoms. The number of carbonyl (C=O) groups excluding carboxylic acids is 3. The van der Waals surface area contributed by atoms with Gasteiger partial charge in [0.15, 0.2) is 5.69 Å². The van der Waals surface area contributed by atoms with E-state index in [1.165, 1.54) is 10.7 Å². The minimum atomic E-state index is -0.892. The van der Waals surface area contributed by atoms with Gasteiger partial charge in [-0.1, -0.05) is 23.7 Å². The molecule has 26 heavy (non-hydrogen) atoms. The highest BCUT2D eigenvalue weighted by molar-refractivity contribution is 6.32. The monoisotopic (exact) mass is 374 g/mol. The van der Waals surface area contributed by atoms with Crippen LogP contribution in [0.5, 0.6) is 0 Å². The Morgan fingerprint density at radius 3 is 2.73 bits per heavy atom. The number of aromatic nitrogens is 2. The minimum absolute atomic E-state index is 0.113. The lowest BCUT2D eigenvalue weighted by Gasteiger charge is -2.21. The number of imide groups is 1. The van der Waals surface area contributed by atoms with Gasteiger partial charge < -0.3 is 5.32 Å². The van der Waals surface area contributed by atoms with Gasteiger partial charge in [-0.15, -0.1) is 0 Å². The summed E-state index contributed by atoms with van der Waals surface area (Å²) in [7, 11) is 0. The van der Waals surface area contributed by atoms with Gasteiger partial charge in [0.2, 0.25) is 17.2 Å². The maximum Gasteiger partial charge on any atom is 0.276 e. The fourth-order valence-corrected chi connectivity index (χ4v) is 2.85. The number of hydrogen-bond donors (Lipinski definition) is 2.